The molecule has 0 N–H and O–H groups in total. The number of likely N-dealkylation sites (N-methyl/N-ethyl adjacent to an activating group) is 2. The van der Waals surface area contributed by atoms with E-state index in [-0.39, 0.29) is 0 Å². The first-order valence-corrected chi connectivity index (χ1v) is 13.2. The zero-order valence-corrected chi connectivity index (χ0v) is 21.5. The van der Waals surface area contributed by atoms with Crippen LogP contribution in [-0.4, -0.2) is 103 Å². The van der Waals surface area contributed by atoms with E-state index in [0.29, 0.717) is 51.4 Å². The molecule has 34 heavy (non-hydrogen) atoms. The van der Waals surface area contributed by atoms with Crippen LogP contribution < -0.4 is 9.47 Å². The Balaban J connectivity index is 1.05. The topological polar surface area (TPSA) is 82.1 Å². The molecule has 4 rings (SSSR count). The molecule has 2 aromatic heterocycles. The summed E-state index contributed by atoms with van der Waals surface area (Å²) in [6, 6.07) is 0. The van der Waals surface area contributed by atoms with Gasteiger partial charge in [-0.05, 0) is 49.6 Å². The number of hydrogen-bond acceptors (Lipinski definition) is 11. The molecule has 0 fully saturated rings. The van der Waals surface area contributed by atoms with Crippen LogP contribution in [0, 0.1) is 0 Å². The van der Waals surface area contributed by atoms with Crippen LogP contribution in [0.15, 0.2) is 17.5 Å². The molecule has 11 heteroatoms. The van der Waals surface area contributed by atoms with Crippen molar-refractivity contribution in [2.45, 2.75) is 12.8 Å². The van der Waals surface area contributed by atoms with E-state index in [1.807, 2.05) is 0 Å². The maximum atomic E-state index is 5.85. The third-order valence-electron chi connectivity index (χ3n) is 5.63. The van der Waals surface area contributed by atoms with Gasteiger partial charge < -0.3 is 28.7 Å². The summed E-state index contributed by atoms with van der Waals surface area (Å²) in [5.74, 6) is 1.30. The highest BCUT2D eigenvalue weighted by atomic mass is 32.1. The molecular weight excluding hydrogens is 474 g/mol. The van der Waals surface area contributed by atoms with E-state index >= 15 is 0 Å². The number of aromatic nitrogens is 3. The number of rotatable bonds is 13. The maximum absolute atomic E-state index is 5.85. The second-order valence-electron chi connectivity index (χ2n) is 8.38. The Morgan fingerprint density at radius 3 is 2.09 bits per heavy atom. The molecule has 0 atom stereocenters. The molecule has 4 heterocycles. The van der Waals surface area contributed by atoms with Gasteiger partial charge in [0.05, 0.1) is 43.7 Å². The van der Waals surface area contributed by atoms with E-state index in [2.05, 4.69) is 54.5 Å². The average molecular weight is 508 g/mol. The van der Waals surface area contributed by atoms with Crippen molar-refractivity contribution in [2.24, 2.45) is 0 Å². The van der Waals surface area contributed by atoms with E-state index in [1.54, 1.807) is 0 Å². The first-order valence-electron chi connectivity index (χ1n) is 11.6. The smallest absolute Gasteiger partial charge is 0.253 e. The van der Waals surface area contributed by atoms with Gasteiger partial charge in [0.15, 0.2) is 0 Å². The van der Waals surface area contributed by atoms with Gasteiger partial charge in [-0.15, -0.1) is 4.37 Å². The van der Waals surface area contributed by atoms with Crippen molar-refractivity contribution < 1.29 is 18.9 Å². The van der Waals surface area contributed by atoms with Gasteiger partial charge in [-0.3, -0.25) is 0 Å². The minimum Gasteiger partial charge on any atom is -0.474 e. The van der Waals surface area contributed by atoms with Crippen LogP contribution in [0.1, 0.15) is 24.1 Å². The van der Waals surface area contributed by atoms with Crippen molar-refractivity contribution in [3.8, 4) is 11.8 Å². The SMILES string of the molecule is CN1CCC=C(c2csnc2OCCOCCOCCOc2nsnc2C2=CCCN(C)C2)C1. The van der Waals surface area contributed by atoms with Gasteiger partial charge in [-0.2, -0.15) is 8.75 Å². The molecule has 0 unspecified atom stereocenters. The Morgan fingerprint density at radius 2 is 1.38 bits per heavy atom. The quantitative estimate of drug-likeness (QED) is 0.380. The summed E-state index contributed by atoms with van der Waals surface area (Å²) in [6.45, 7) is 6.85. The molecule has 0 spiro atoms. The number of ether oxygens (including phenoxy) is 4. The van der Waals surface area contributed by atoms with Gasteiger partial charge in [0, 0.05) is 31.6 Å². The normalized spacial score (nSPS) is 17.5. The highest BCUT2D eigenvalue weighted by Crippen LogP contribution is 2.29. The predicted molar refractivity (Wildman–Crippen MR) is 135 cm³/mol. The van der Waals surface area contributed by atoms with E-state index < -0.39 is 0 Å². The van der Waals surface area contributed by atoms with Crippen LogP contribution in [0.4, 0.5) is 0 Å². The first kappa shape index (κ1) is 25.2. The van der Waals surface area contributed by atoms with Gasteiger partial charge in [-0.25, -0.2) is 0 Å². The van der Waals surface area contributed by atoms with Crippen molar-refractivity contribution >= 4 is 34.4 Å². The summed E-state index contributed by atoms with van der Waals surface area (Å²) in [7, 11) is 4.25. The summed E-state index contributed by atoms with van der Waals surface area (Å²) < 4.78 is 36.0. The molecule has 2 aliphatic rings. The van der Waals surface area contributed by atoms with Gasteiger partial charge in [0.2, 0.25) is 5.88 Å². The Bertz CT molecular complexity index is 885. The minimum absolute atomic E-state index is 0.433. The fourth-order valence-corrected chi connectivity index (χ4v) is 5.07. The summed E-state index contributed by atoms with van der Waals surface area (Å²) in [5.41, 5.74) is 4.43. The Kier molecular flexibility index (Phi) is 9.84. The Morgan fingerprint density at radius 1 is 0.765 bits per heavy atom. The molecule has 186 valence electrons. The monoisotopic (exact) mass is 507 g/mol. The van der Waals surface area contributed by atoms with E-state index in [0.717, 1.165) is 50.3 Å². The van der Waals surface area contributed by atoms with Crippen LogP contribution in [0.3, 0.4) is 0 Å². The van der Waals surface area contributed by atoms with Crippen LogP contribution in [-0.2, 0) is 9.47 Å². The molecule has 0 aromatic carbocycles. The van der Waals surface area contributed by atoms with Gasteiger partial charge in [0.1, 0.15) is 18.9 Å². The second-order valence-corrected chi connectivity index (χ2v) is 9.54. The summed E-state index contributed by atoms with van der Waals surface area (Å²) in [6.07, 6.45) is 6.60. The van der Waals surface area contributed by atoms with E-state index in [1.165, 1.54) is 34.4 Å². The molecule has 0 bridgehead atoms. The molecule has 0 radical (unpaired) electrons. The lowest BCUT2D eigenvalue weighted by Crippen LogP contribution is -2.25. The van der Waals surface area contributed by atoms with Crippen molar-refractivity contribution in [1.82, 2.24) is 22.9 Å². The van der Waals surface area contributed by atoms with Crippen LogP contribution in [0.25, 0.3) is 11.1 Å². The molecule has 0 saturated carbocycles. The standard InChI is InChI=1S/C23H33N5O4S2/c1-27-7-3-5-18(15-27)20-17-33-25-22(20)31-13-11-29-9-10-30-12-14-32-23-21(24-34-26-23)19-6-4-8-28(2)16-19/h5-6,17H,3-4,7-16H2,1-2H3. The van der Waals surface area contributed by atoms with Crippen LogP contribution in [0.2, 0.25) is 0 Å². The van der Waals surface area contributed by atoms with Crippen LogP contribution in [0.5, 0.6) is 11.8 Å². The molecule has 2 aliphatic heterocycles. The number of nitrogens with zero attached hydrogens (tertiary/aromatic N) is 5. The third-order valence-corrected chi connectivity index (χ3v) is 6.76. The lowest BCUT2D eigenvalue weighted by atomic mass is 10.0. The molecule has 9 nitrogen and oxygen atoms in total. The zero-order valence-electron chi connectivity index (χ0n) is 19.9. The molecule has 2 aromatic rings. The largest absolute Gasteiger partial charge is 0.474 e. The highest BCUT2D eigenvalue weighted by Gasteiger charge is 2.19. The molecule has 0 saturated heterocycles. The maximum Gasteiger partial charge on any atom is 0.253 e. The molecule has 0 aliphatic carbocycles. The number of hydrogen-bond donors (Lipinski definition) is 0. The van der Waals surface area contributed by atoms with E-state index in [4.69, 9.17) is 18.9 Å². The fraction of sp³-hybridized carbons (Fsp3) is 0.609. The molecular formula is C23H33N5O4S2. The lowest BCUT2D eigenvalue weighted by molar-refractivity contribution is 0.0266. The summed E-state index contributed by atoms with van der Waals surface area (Å²) in [4.78, 5) is 4.58. The Hall–Kier alpha value is -1.89. The summed E-state index contributed by atoms with van der Waals surface area (Å²) in [5, 5.41) is 2.06. The van der Waals surface area contributed by atoms with Crippen molar-refractivity contribution in [3.63, 3.8) is 0 Å². The van der Waals surface area contributed by atoms with Gasteiger partial charge in [-0.1, -0.05) is 12.2 Å². The Labute approximate surface area is 209 Å². The second kappa shape index (κ2) is 13.3. The van der Waals surface area contributed by atoms with Gasteiger partial charge >= 0.3 is 0 Å². The predicted octanol–water partition coefficient (Wildman–Crippen LogP) is 2.92. The van der Waals surface area contributed by atoms with E-state index in [9.17, 15) is 0 Å². The molecule has 0 amide bonds. The minimum atomic E-state index is 0.433. The lowest BCUT2D eigenvalue weighted by Gasteiger charge is -2.22. The zero-order chi connectivity index (χ0) is 23.6. The summed E-state index contributed by atoms with van der Waals surface area (Å²) >= 11 is 2.61. The fourth-order valence-electron chi connectivity index (χ4n) is 3.89. The first-order chi connectivity index (χ1) is 16.7. The van der Waals surface area contributed by atoms with Crippen LogP contribution >= 0.6 is 23.3 Å². The van der Waals surface area contributed by atoms with Crippen molar-refractivity contribution in [2.75, 3.05) is 79.9 Å². The highest BCUT2D eigenvalue weighted by molar-refractivity contribution is 7.04. The van der Waals surface area contributed by atoms with Crippen molar-refractivity contribution in [3.05, 3.63) is 28.8 Å². The van der Waals surface area contributed by atoms with Crippen molar-refractivity contribution in [1.29, 1.82) is 0 Å². The van der Waals surface area contributed by atoms with Gasteiger partial charge in [0.25, 0.3) is 5.88 Å². The average Bonchev–Trinajstić information content (AvgIpc) is 3.50. The third kappa shape index (κ3) is 7.30.